The highest BCUT2D eigenvalue weighted by Gasteiger charge is 2.14. The van der Waals surface area contributed by atoms with Crippen LogP contribution in [-0.2, 0) is 0 Å². The molecule has 2 aliphatic heterocycles. The van der Waals surface area contributed by atoms with Gasteiger partial charge in [-0.25, -0.2) is 0 Å². The van der Waals surface area contributed by atoms with E-state index in [-0.39, 0.29) is 0 Å². The Bertz CT molecular complexity index is 742. The lowest BCUT2D eigenvalue weighted by Crippen LogP contribution is -2.03. The van der Waals surface area contributed by atoms with Crippen LogP contribution in [-0.4, -0.2) is 18.2 Å². The van der Waals surface area contributed by atoms with Crippen LogP contribution >= 0.6 is 23.5 Å². The number of aliphatic imine (C=N–C) groups is 1. The Morgan fingerprint density at radius 2 is 2.04 bits per heavy atom. The van der Waals surface area contributed by atoms with E-state index in [0.717, 1.165) is 23.3 Å². The molecule has 132 valence electrons. The van der Waals surface area contributed by atoms with Crippen molar-refractivity contribution >= 4 is 29.7 Å². The lowest BCUT2D eigenvalue weighted by molar-refractivity contribution is 0.960. The van der Waals surface area contributed by atoms with Crippen molar-refractivity contribution in [1.29, 1.82) is 0 Å². The minimum absolute atomic E-state index is 0.340. The molecule has 0 aromatic heterocycles. The summed E-state index contributed by atoms with van der Waals surface area (Å²) in [6.45, 7) is 15.0. The zero-order valence-electron chi connectivity index (χ0n) is 15.6. The van der Waals surface area contributed by atoms with Gasteiger partial charge in [0.1, 0.15) is 0 Å². The van der Waals surface area contributed by atoms with E-state index in [4.69, 9.17) is 0 Å². The van der Waals surface area contributed by atoms with Crippen molar-refractivity contribution in [3.63, 3.8) is 0 Å². The van der Waals surface area contributed by atoms with Gasteiger partial charge in [-0.05, 0) is 54.1 Å². The van der Waals surface area contributed by atoms with Crippen LogP contribution in [0.3, 0.4) is 0 Å². The summed E-state index contributed by atoms with van der Waals surface area (Å²) in [5.41, 5.74) is 7.34. The Hall–Kier alpha value is -1.45. The summed E-state index contributed by atoms with van der Waals surface area (Å²) in [5.74, 6) is 1.35. The van der Waals surface area contributed by atoms with Crippen molar-refractivity contribution in [3.05, 3.63) is 81.3 Å². The van der Waals surface area contributed by atoms with Gasteiger partial charge in [0.25, 0.3) is 0 Å². The first kappa shape index (κ1) is 19.9. The first-order valence-electron chi connectivity index (χ1n) is 8.42. The minimum atomic E-state index is 0.340. The number of nitrogens with zero attached hydrogens (tertiary/aromatic N) is 1. The second-order valence-electron chi connectivity index (χ2n) is 6.36. The Balaban J connectivity index is 2.36. The van der Waals surface area contributed by atoms with Crippen LogP contribution < -0.4 is 0 Å². The highest BCUT2D eigenvalue weighted by molar-refractivity contribution is 8.02. The fraction of sp³-hybridized carbons (Fsp3) is 0.318. The standard InChI is InChI=1S/C22H27NS2/c1-15-7-9-23-13-22(15)21(19(5)24-6)12-17(3)16(2)11-20-8-10-25-14-18(20)4/h8-13,20H,1,4,7,14H2,2-3,5-6H3/b16-11-,17-12+,21-19-. The van der Waals surface area contributed by atoms with Gasteiger partial charge in [0.05, 0.1) is 0 Å². The van der Waals surface area contributed by atoms with Gasteiger partial charge in [-0.2, -0.15) is 0 Å². The zero-order chi connectivity index (χ0) is 18.4. The van der Waals surface area contributed by atoms with Gasteiger partial charge in [-0.3, -0.25) is 4.99 Å². The monoisotopic (exact) mass is 369 g/mol. The van der Waals surface area contributed by atoms with Crippen LogP contribution in [0.25, 0.3) is 0 Å². The molecule has 0 saturated carbocycles. The third-order valence-electron chi connectivity index (χ3n) is 4.54. The third kappa shape index (κ3) is 5.26. The molecule has 0 aromatic rings. The Kier molecular flexibility index (Phi) is 7.39. The molecule has 0 saturated heterocycles. The number of hydrogen-bond acceptors (Lipinski definition) is 3. The molecule has 1 atom stereocenters. The first-order chi connectivity index (χ1) is 11.9. The van der Waals surface area contributed by atoms with Gasteiger partial charge in [0.15, 0.2) is 0 Å². The predicted octanol–water partition coefficient (Wildman–Crippen LogP) is 6.86. The summed E-state index contributed by atoms with van der Waals surface area (Å²) in [6, 6.07) is 0. The topological polar surface area (TPSA) is 12.4 Å². The molecule has 2 rings (SSSR count). The van der Waals surface area contributed by atoms with E-state index in [1.807, 2.05) is 24.2 Å². The van der Waals surface area contributed by atoms with Gasteiger partial charge in [0.2, 0.25) is 0 Å². The number of rotatable bonds is 5. The van der Waals surface area contributed by atoms with Crippen molar-refractivity contribution in [3.8, 4) is 0 Å². The van der Waals surface area contributed by atoms with Gasteiger partial charge in [0, 0.05) is 36.1 Å². The van der Waals surface area contributed by atoms with E-state index in [2.05, 4.69) is 68.8 Å². The van der Waals surface area contributed by atoms with E-state index in [0.29, 0.717) is 5.92 Å². The highest BCUT2D eigenvalue weighted by Crippen LogP contribution is 2.33. The van der Waals surface area contributed by atoms with E-state index < -0.39 is 0 Å². The molecule has 1 nitrogen and oxygen atoms in total. The van der Waals surface area contributed by atoms with Crippen molar-refractivity contribution < 1.29 is 0 Å². The van der Waals surface area contributed by atoms with Crippen LogP contribution in [0.2, 0.25) is 0 Å². The highest BCUT2D eigenvalue weighted by atomic mass is 32.2. The summed E-state index contributed by atoms with van der Waals surface area (Å²) < 4.78 is 0. The number of thioether (sulfide) groups is 2. The Morgan fingerprint density at radius 1 is 1.28 bits per heavy atom. The van der Waals surface area contributed by atoms with Gasteiger partial charge in [-0.15, -0.1) is 23.5 Å². The molecule has 0 aliphatic carbocycles. The number of allylic oxidation sites excluding steroid dienone is 9. The quantitative estimate of drug-likeness (QED) is 0.387. The maximum absolute atomic E-state index is 4.34. The summed E-state index contributed by atoms with van der Waals surface area (Å²) in [7, 11) is 0. The normalized spacial score (nSPS) is 22.9. The summed E-state index contributed by atoms with van der Waals surface area (Å²) in [5, 5.41) is 2.18. The molecule has 3 heteroatoms. The van der Waals surface area contributed by atoms with Crippen LogP contribution in [0.15, 0.2) is 86.3 Å². The molecular formula is C22H27NS2. The molecule has 0 bridgehead atoms. The molecule has 0 radical (unpaired) electrons. The van der Waals surface area contributed by atoms with Crippen LogP contribution in [0.4, 0.5) is 0 Å². The van der Waals surface area contributed by atoms with E-state index in [1.165, 1.54) is 27.2 Å². The van der Waals surface area contributed by atoms with Crippen molar-refractivity contribution in [1.82, 2.24) is 0 Å². The van der Waals surface area contributed by atoms with Crippen LogP contribution in [0.1, 0.15) is 27.2 Å². The average molecular weight is 370 g/mol. The zero-order valence-corrected chi connectivity index (χ0v) is 17.3. The fourth-order valence-corrected chi connectivity index (χ4v) is 3.83. The first-order valence-corrected chi connectivity index (χ1v) is 10.7. The Labute approximate surface area is 161 Å². The maximum atomic E-state index is 4.34. The number of hydrogen-bond donors (Lipinski definition) is 0. The molecule has 25 heavy (non-hydrogen) atoms. The molecule has 1 unspecified atom stereocenters. The fourth-order valence-electron chi connectivity index (χ4n) is 2.66. The van der Waals surface area contributed by atoms with E-state index in [9.17, 15) is 0 Å². The lowest BCUT2D eigenvalue weighted by atomic mass is 9.92. The van der Waals surface area contributed by atoms with Crippen molar-refractivity contribution in [2.24, 2.45) is 10.9 Å². The summed E-state index contributed by atoms with van der Waals surface area (Å²) in [6.07, 6.45) is 13.6. The molecule has 2 heterocycles. The molecular weight excluding hydrogens is 342 g/mol. The van der Waals surface area contributed by atoms with Gasteiger partial charge in [-0.1, -0.05) is 42.5 Å². The second-order valence-corrected chi connectivity index (χ2v) is 8.27. The van der Waals surface area contributed by atoms with Crippen molar-refractivity contribution in [2.75, 3.05) is 12.0 Å². The minimum Gasteiger partial charge on any atom is -0.268 e. The lowest BCUT2D eigenvalue weighted by Gasteiger charge is -2.18. The molecule has 0 N–H and O–H groups in total. The predicted molar refractivity (Wildman–Crippen MR) is 118 cm³/mol. The summed E-state index contributed by atoms with van der Waals surface area (Å²) in [4.78, 5) is 5.63. The molecule has 0 amide bonds. The maximum Gasteiger partial charge on any atom is 0.0345 e. The largest absolute Gasteiger partial charge is 0.268 e. The molecule has 2 aliphatic rings. The van der Waals surface area contributed by atoms with Crippen molar-refractivity contribution in [2.45, 2.75) is 27.2 Å². The third-order valence-corrected chi connectivity index (χ3v) is 6.26. The SMILES string of the molecule is C=C1CC=NC=C1C(/C=C(C)/C(C)=C\C1C=CSCC1=C)=C(/C)SC. The van der Waals surface area contributed by atoms with Gasteiger partial charge < -0.3 is 0 Å². The van der Waals surface area contributed by atoms with E-state index >= 15 is 0 Å². The summed E-state index contributed by atoms with van der Waals surface area (Å²) >= 11 is 3.59. The molecule has 0 fully saturated rings. The second kappa shape index (κ2) is 9.30. The average Bonchev–Trinajstić information content (AvgIpc) is 2.61. The van der Waals surface area contributed by atoms with Gasteiger partial charge >= 0.3 is 0 Å². The van der Waals surface area contributed by atoms with Crippen LogP contribution in [0.5, 0.6) is 0 Å². The molecule has 0 aromatic carbocycles. The Morgan fingerprint density at radius 3 is 2.68 bits per heavy atom. The van der Waals surface area contributed by atoms with Crippen LogP contribution in [0, 0.1) is 5.92 Å². The smallest absolute Gasteiger partial charge is 0.0345 e. The molecule has 0 spiro atoms. The van der Waals surface area contributed by atoms with E-state index in [1.54, 1.807) is 11.8 Å².